The number of rotatable bonds is 6. The molecule has 0 fully saturated rings. The monoisotopic (exact) mass is 457 g/mol. The van der Waals surface area contributed by atoms with Gasteiger partial charge in [-0.05, 0) is 31.2 Å². The molecule has 0 spiro atoms. The Morgan fingerprint density at radius 1 is 1.31 bits per heavy atom. The summed E-state index contributed by atoms with van der Waals surface area (Å²) in [6.07, 6.45) is 0. The molecular weight excluding hydrogens is 441 g/mol. The molecule has 2 aromatic heterocycles. The van der Waals surface area contributed by atoms with Crippen LogP contribution >= 0.6 is 22.9 Å². The first-order valence-electron chi connectivity index (χ1n) is 8.33. The molecule has 0 aliphatic heterocycles. The summed E-state index contributed by atoms with van der Waals surface area (Å²) in [5.41, 5.74) is 0.0477. The average Bonchev–Trinajstić information content (AvgIpc) is 3.27. The predicted octanol–water partition coefficient (Wildman–Crippen LogP) is 3.68. The molecule has 0 atom stereocenters. The van der Waals surface area contributed by atoms with E-state index in [1.54, 1.807) is 6.07 Å². The first kappa shape index (κ1) is 21.4. The molecular formula is C18H17ClFN3O4S2. The standard InChI is InChI=1S/C18H17ClFN3O4S2/c1-10-15(17(22-27-10)16-12(19)5-4-6-13(16)20)18(24)21-9-11-7-8-14(28-11)29(25,26)23(2)3/h4-8H,9H2,1-3H3,(H,21,24). The van der Waals surface area contributed by atoms with Crippen molar-refractivity contribution in [1.29, 1.82) is 0 Å². The summed E-state index contributed by atoms with van der Waals surface area (Å²) in [7, 11) is -0.649. The molecule has 3 aromatic rings. The minimum Gasteiger partial charge on any atom is -0.360 e. The maximum atomic E-state index is 14.3. The largest absolute Gasteiger partial charge is 0.360 e. The van der Waals surface area contributed by atoms with Crippen LogP contribution in [0.25, 0.3) is 11.3 Å². The molecule has 3 rings (SSSR count). The molecule has 0 aliphatic rings. The molecule has 1 aromatic carbocycles. The molecule has 0 saturated carbocycles. The zero-order valence-electron chi connectivity index (χ0n) is 15.7. The van der Waals surface area contributed by atoms with Crippen LogP contribution in [0.2, 0.25) is 5.02 Å². The van der Waals surface area contributed by atoms with E-state index >= 15 is 0 Å². The quantitative estimate of drug-likeness (QED) is 0.609. The molecule has 11 heteroatoms. The van der Waals surface area contributed by atoms with Crippen molar-refractivity contribution < 1.29 is 22.1 Å². The lowest BCUT2D eigenvalue weighted by atomic mass is 10.0. The van der Waals surface area contributed by atoms with E-state index in [0.717, 1.165) is 15.6 Å². The summed E-state index contributed by atoms with van der Waals surface area (Å²) >= 11 is 7.13. The van der Waals surface area contributed by atoms with E-state index in [1.165, 1.54) is 45.3 Å². The summed E-state index contributed by atoms with van der Waals surface area (Å²) in [4.78, 5) is 13.4. The fourth-order valence-electron chi connectivity index (χ4n) is 2.56. The van der Waals surface area contributed by atoms with Gasteiger partial charge in [0.05, 0.1) is 17.1 Å². The van der Waals surface area contributed by atoms with Crippen LogP contribution in [0, 0.1) is 12.7 Å². The van der Waals surface area contributed by atoms with Crippen LogP contribution in [-0.4, -0.2) is 37.9 Å². The number of carbonyl (C=O) groups is 1. The number of benzene rings is 1. The van der Waals surface area contributed by atoms with Crippen LogP contribution in [0.5, 0.6) is 0 Å². The highest BCUT2D eigenvalue weighted by atomic mass is 35.5. The minimum absolute atomic E-state index is 0.00477. The highest BCUT2D eigenvalue weighted by molar-refractivity contribution is 7.91. The van der Waals surface area contributed by atoms with Crippen LogP contribution in [-0.2, 0) is 16.6 Å². The maximum absolute atomic E-state index is 14.3. The van der Waals surface area contributed by atoms with E-state index in [9.17, 15) is 17.6 Å². The maximum Gasteiger partial charge on any atom is 0.257 e. The third-order valence-electron chi connectivity index (χ3n) is 4.08. The average molecular weight is 458 g/mol. The van der Waals surface area contributed by atoms with Gasteiger partial charge in [-0.2, -0.15) is 0 Å². The fourth-order valence-corrected chi connectivity index (χ4v) is 5.28. The minimum atomic E-state index is -3.54. The molecule has 1 amide bonds. The van der Waals surface area contributed by atoms with Gasteiger partial charge in [-0.3, -0.25) is 4.79 Å². The van der Waals surface area contributed by atoms with Gasteiger partial charge in [-0.15, -0.1) is 11.3 Å². The Bertz CT molecular complexity index is 1150. The number of nitrogens with one attached hydrogen (secondary N) is 1. The van der Waals surface area contributed by atoms with Crippen LogP contribution in [0.15, 0.2) is 39.1 Å². The number of carbonyl (C=O) groups excluding carboxylic acids is 1. The van der Waals surface area contributed by atoms with Crippen molar-refractivity contribution in [3.8, 4) is 11.3 Å². The second-order valence-corrected chi connectivity index (χ2v) is 10.2. The van der Waals surface area contributed by atoms with Crippen molar-refractivity contribution in [2.75, 3.05) is 14.1 Å². The number of halogens is 2. The number of amides is 1. The summed E-state index contributed by atoms with van der Waals surface area (Å²) in [5.74, 6) is -0.959. The number of aryl methyl sites for hydroxylation is 1. The Kier molecular flexibility index (Phi) is 6.08. The SMILES string of the molecule is Cc1onc(-c2c(F)cccc2Cl)c1C(=O)NCc1ccc(S(=O)(=O)N(C)C)s1. The zero-order chi connectivity index (χ0) is 21.3. The van der Waals surface area contributed by atoms with Gasteiger partial charge >= 0.3 is 0 Å². The van der Waals surface area contributed by atoms with Gasteiger partial charge in [-0.25, -0.2) is 17.1 Å². The van der Waals surface area contributed by atoms with Gasteiger partial charge in [0, 0.05) is 19.0 Å². The zero-order valence-corrected chi connectivity index (χ0v) is 18.1. The molecule has 0 saturated heterocycles. The summed E-state index contributed by atoms with van der Waals surface area (Å²) in [6.45, 7) is 1.62. The van der Waals surface area contributed by atoms with Gasteiger partial charge < -0.3 is 9.84 Å². The summed E-state index contributed by atoms with van der Waals surface area (Å²) < 4.78 is 45.0. The normalized spacial score (nSPS) is 11.8. The lowest BCUT2D eigenvalue weighted by Gasteiger charge is -2.08. The van der Waals surface area contributed by atoms with E-state index in [0.29, 0.717) is 4.88 Å². The lowest BCUT2D eigenvalue weighted by molar-refractivity contribution is 0.0950. The predicted molar refractivity (Wildman–Crippen MR) is 108 cm³/mol. The second-order valence-electron chi connectivity index (χ2n) is 6.25. The Labute approximate surface area is 176 Å². The first-order chi connectivity index (χ1) is 13.6. The first-order valence-corrected chi connectivity index (χ1v) is 11.0. The third kappa shape index (κ3) is 4.20. The molecule has 1 N–H and O–H groups in total. The molecule has 154 valence electrons. The van der Waals surface area contributed by atoms with Crippen LogP contribution in [0.4, 0.5) is 4.39 Å². The van der Waals surface area contributed by atoms with Gasteiger partial charge in [-0.1, -0.05) is 22.8 Å². The Balaban J connectivity index is 1.83. The number of hydrogen-bond acceptors (Lipinski definition) is 6. The molecule has 0 bridgehead atoms. The number of thiophene rings is 1. The van der Waals surface area contributed by atoms with Gasteiger partial charge in [0.15, 0.2) is 0 Å². The van der Waals surface area contributed by atoms with E-state index in [4.69, 9.17) is 16.1 Å². The van der Waals surface area contributed by atoms with Gasteiger partial charge in [0.1, 0.15) is 27.0 Å². The Morgan fingerprint density at radius 3 is 2.69 bits per heavy atom. The van der Waals surface area contributed by atoms with Crippen molar-refractivity contribution in [3.63, 3.8) is 0 Å². The fraction of sp³-hybridized carbons (Fsp3) is 0.222. The molecule has 2 heterocycles. The smallest absolute Gasteiger partial charge is 0.257 e. The molecule has 29 heavy (non-hydrogen) atoms. The summed E-state index contributed by atoms with van der Waals surface area (Å²) in [5, 5.41) is 6.58. The van der Waals surface area contributed by atoms with Crippen molar-refractivity contribution in [2.45, 2.75) is 17.7 Å². The highest BCUT2D eigenvalue weighted by Crippen LogP contribution is 2.33. The van der Waals surface area contributed by atoms with Crippen LogP contribution in [0.1, 0.15) is 21.0 Å². The topological polar surface area (TPSA) is 92.5 Å². The van der Waals surface area contributed by atoms with Crippen molar-refractivity contribution >= 4 is 38.9 Å². The molecule has 0 aliphatic carbocycles. The molecule has 0 unspecified atom stereocenters. The van der Waals surface area contributed by atoms with E-state index in [1.807, 2.05) is 0 Å². The summed E-state index contributed by atoms with van der Waals surface area (Å²) in [6, 6.07) is 7.26. The highest BCUT2D eigenvalue weighted by Gasteiger charge is 2.25. The number of hydrogen-bond donors (Lipinski definition) is 1. The molecule has 7 nitrogen and oxygen atoms in total. The van der Waals surface area contributed by atoms with Gasteiger partial charge in [0.25, 0.3) is 15.9 Å². The van der Waals surface area contributed by atoms with Crippen LogP contribution < -0.4 is 5.32 Å². The van der Waals surface area contributed by atoms with Crippen molar-refractivity contribution in [3.05, 3.63) is 57.4 Å². The van der Waals surface area contributed by atoms with Crippen molar-refractivity contribution in [2.24, 2.45) is 0 Å². The van der Waals surface area contributed by atoms with E-state index in [-0.39, 0.29) is 38.4 Å². The van der Waals surface area contributed by atoms with Crippen molar-refractivity contribution in [1.82, 2.24) is 14.8 Å². The third-order valence-corrected chi connectivity index (χ3v) is 7.77. The second kappa shape index (κ2) is 8.23. The van der Waals surface area contributed by atoms with E-state index in [2.05, 4.69) is 10.5 Å². The van der Waals surface area contributed by atoms with Crippen LogP contribution in [0.3, 0.4) is 0 Å². The number of nitrogens with zero attached hydrogens (tertiary/aromatic N) is 2. The Hall–Kier alpha value is -2.27. The van der Waals surface area contributed by atoms with Gasteiger partial charge in [0.2, 0.25) is 0 Å². The number of sulfonamides is 1. The Morgan fingerprint density at radius 2 is 2.03 bits per heavy atom. The number of aromatic nitrogens is 1. The lowest BCUT2D eigenvalue weighted by Crippen LogP contribution is -2.23. The molecule has 0 radical (unpaired) electrons. The van der Waals surface area contributed by atoms with E-state index < -0.39 is 21.7 Å².